The molecule has 1 fully saturated rings. The molecule has 5 nitrogen and oxygen atoms in total. The van der Waals surface area contributed by atoms with E-state index in [9.17, 15) is 14.0 Å². The number of nitrogens with one attached hydrogen (secondary N) is 1. The third-order valence-corrected chi connectivity index (χ3v) is 5.65. The zero-order valence-corrected chi connectivity index (χ0v) is 17.6. The van der Waals surface area contributed by atoms with Gasteiger partial charge in [-0.2, -0.15) is 0 Å². The molecule has 3 rings (SSSR count). The van der Waals surface area contributed by atoms with E-state index in [1.54, 1.807) is 31.1 Å². The van der Waals surface area contributed by atoms with Crippen molar-refractivity contribution in [1.29, 1.82) is 0 Å². The number of hydrogen-bond donors (Lipinski definition) is 1. The van der Waals surface area contributed by atoms with Crippen molar-refractivity contribution in [3.05, 3.63) is 65.5 Å². The lowest BCUT2D eigenvalue weighted by molar-refractivity contribution is -0.140. The zero-order chi connectivity index (χ0) is 21.5. The quantitative estimate of drug-likeness (QED) is 0.716. The lowest BCUT2D eigenvalue weighted by atomic mass is 10.1. The summed E-state index contributed by atoms with van der Waals surface area (Å²) in [6.45, 7) is 1.99. The molecule has 2 aromatic carbocycles. The van der Waals surface area contributed by atoms with Crippen LogP contribution in [-0.2, 0) is 22.6 Å². The molecule has 0 heterocycles. The molecular weight excluding hydrogens is 383 g/mol. The normalized spacial score (nSPS) is 14.9. The van der Waals surface area contributed by atoms with Crippen molar-refractivity contribution in [3.8, 4) is 5.75 Å². The van der Waals surface area contributed by atoms with Crippen LogP contribution < -0.4 is 10.1 Å². The Morgan fingerprint density at radius 2 is 1.67 bits per heavy atom. The van der Waals surface area contributed by atoms with Crippen LogP contribution in [0.2, 0.25) is 0 Å². The molecule has 0 unspecified atom stereocenters. The van der Waals surface area contributed by atoms with Crippen molar-refractivity contribution in [3.63, 3.8) is 0 Å². The van der Waals surface area contributed by atoms with Gasteiger partial charge in [-0.1, -0.05) is 37.1 Å². The lowest BCUT2D eigenvalue weighted by Gasteiger charge is -2.30. The van der Waals surface area contributed by atoms with Crippen LogP contribution in [-0.4, -0.2) is 35.9 Å². The van der Waals surface area contributed by atoms with Crippen LogP contribution in [0.3, 0.4) is 0 Å². The molecule has 2 aromatic rings. The lowest BCUT2D eigenvalue weighted by Crippen LogP contribution is -2.50. The van der Waals surface area contributed by atoms with Gasteiger partial charge in [0.25, 0.3) is 0 Å². The predicted molar refractivity (Wildman–Crippen MR) is 114 cm³/mol. The summed E-state index contributed by atoms with van der Waals surface area (Å²) >= 11 is 0. The van der Waals surface area contributed by atoms with Crippen LogP contribution in [0.1, 0.15) is 43.7 Å². The fourth-order valence-electron chi connectivity index (χ4n) is 3.78. The molecule has 1 aliphatic rings. The second-order valence-corrected chi connectivity index (χ2v) is 7.84. The average molecular weight is 413 g/mol. The first kappa shape index (κ1) is 21.8. The van der Waals surface area contributed by atoms with E-state index in [1.807, 2.05) is 24.3 Å². The van der Waals surface area contributed by atoms with Gasteiger partial charge in [0.1, 0.15) is 17.6 Å². The smallest absolute Gasteiger partial charge is 0.242 e. The number of halogens is 1. The van der Waals surface area contributed by atoms with Crippen LogP contribution in [0.4, 0.5) is 4.39 Å². The van der Waals surface area contributed by atoms with E-state index in [4.69, 9.17) is 4.74 Å². The number of hydrogen-bond acceptors (Lipinski definition) is 3. The number of rotatable bonds is 8. The van der Waals surface area contributed by atoms with Gasteiger partial charge >= 0.3 is 0 Å². The van der Waals surface area contributed by atoms with Crippen LogP contribution in [0.25, 0.3) is 0 Å². The molecule has 0 aliphatic heterocycles. The van der Waals surface area contributed by atoms with Crippen molar-refractivity contribution in [2.75, 3.05) is 7.11 Å². The van der Waals surface area contributed by atoms with Crippen molar-refractivity contribution in [2.45, 2.75) is 57.7 Å². The van der Waals surface area contributed by atoms with E-state index < -0.39 is 6.04 Å². The third kappa shape index (κ3) is 5.81. The second-order valence-electron chi connectivity index (χ2n) is 7.84. The highest BCUT2D eigenvalue weighted by Gasteiger charge is 2.28. The third-order valence-electron chi connectivity index (χ3n) is 5.65. The van der Waals surface area contributed by atoms with Crippen LogP contribution in [0, 0.1) is 5.82 Å². The molecule has 6 heteroatoms. The molecule has 0 saturated heterocycles. The Bertz CT molecular complexity index is 846. The minimum Gasteiger partial charge on any atom is -0.497 e. The zero-order valence-electron chi connectivity index (χ0n) is 17.6. The van der Waals surface area contributed by atoms with Gasteiger partial charge in [-0.15, -0.1) is 0 Å². The Kier molecular flexibility index (Phi) is 7.44. The SMILES string of the molecule is COc1ccc(CC(=O)N(Cc2ccc(F)cc2)[C@@H](C)C(=O)NC2CCCC2)cc1. The summed E-state index contributed by atoms with van der Waals surface area (Å²) < 4.78 is 18.5. The molecule has 0 spiro atoms. The van der Waals surface area contributed by atoms with Gasteiger partial charge in [0, 0.05) is 12.6 Å². The molecule has 0 bridgehead atoms. The standard InChI is InChI=1S/C24H29FN2O3/c1-17(24(29)26-21-5-3-4-6-21)27(16-19-7-11-20(25)12-8-19)23(28)15-18-9-13-22(30-2)14-10-18/h7-14,17,21H,3-6,15-16H2,1-2H3,(H,26,29)/t17-/m0/s1. The van der Waals surface area contributed by atoms with Gasteiger partial charge in [-0.25, -0.2) is 4.39 Å². The molecule has 30 heavy (non-hydrogen) atoms. The Labute approximate surface area is 177 Å². The van der Waals surface area contributed by atoms with Gasteiger partial charge in [0.2, 0.25) is 11.8 Å². The van der Waals surface area contributed by atoms with Crippen LogP contribution >= 0.6 is 0 Å². The van der Waals surface area contributed by atoms with Crippen molar-refractivity contribution < 1.29 is 18.7 Å². The Morgan fingerprint density at radius 1 is 1.07 bits per heavy atom. The predicted octanol–water partition coefficient (Wildman–Crippen LogP) is 3.85. The molecule has 1 N–H and O–H groups in total. The van der Waals surface area contributed by atoms with Gasteiger partial charge in [0.05, 0.1) is 13.5 Å². The van der Waals surface area contributed by atoms with Crippen LogP contribution in [0.15, 0.2) is 48.5 Å². The number of benzene rings is 2. The number of amides is 2. The molecular formula is C24H29FN2O3. The highest BCUT2D eigenvalue weighted by atomic mass is 19.1. The average Bonchev–Trinajstić information content (AvgIpc) is 3.26. The number of nitrogens with zero attached hydrogens (tertiary/aromatic N) is 1. The van der Waals surface area contributed by atoms with Crippen molar-refractivity contribution in [2.24, 2.45) is 0 Å². The van der Waals surface area contributed by atoms with Crippen LogP contribution in [0.5, 0.6) is 5.75 Å². The first-order valence-corrected chi connectivity index (χ1v) is 10.4. The maximum absolute atomic E-state index is 13.3. The first-order chi connectivity index (χ1) is 14.5. The monoisotopic (exact) mass is 412 g/mol. The van der Waals surface area contributed by atoms with Gasteiger partial charge < -0.3 is 15.0 Å². The van der Waals surface area contributed by atoms with E-state index in [-0.39, 0.29) is 36.6 Å². The Hall–Kier alpha value is -2.89. The molecule has 1 saturated carbocycles. The van der Waals surface area contributed by atoms with Crippen molar-refractivity contribution >= 4 is 11.8 Å². The number of carbonyl (C=O) groups is 2. The van der Waals surface area contributed by atoms with Gasteiger partial charge in [-0.05, 0) is 55.2 Å². The topological polar surface area (TPSA) is 58.6 Å². The van der Waals surface area contributed by atoms with E-state index in [0.29, 0.717) is 0 Å². The minimum atomic E-state index is -0.624. The molecule has 1 aliphatic carbocycles. The van der Waals surface area contributed by atoms with E-state index in [2.05, 4.69) is 5.32 Å². The molecule has 0 radical (unpaired) electrons. The first-order valence-electron chi connectivity index (χ1n) is 10.4. The number of ether oxygens (including phenoxy) is 1. The largest absolute Gasteiger partial charge is 0.497 e. The van der Waals surface area contributed by atoms with E-state index >= 15 is 0 Å². The summed E-state index contributed by atoms with van der Waals surface area (Å²) in [6.07, 6.45) is 4.38. The fraction of sp³-hybridized carbons (Fsp3) is 0.417. The summed E-state index contributed by atoms with van der Waals surface area (Å²) in [7, 11) is 1.59. The second kappa shape index (κ2) is 10.2. The molecule has 1 atom stereocenters. The van der Waals surface area contributed by atoms with E-state index in [1.165, 1.54) is 12.1 Å². The minimum absolute atomic E-state index is 0.146. The maximum atomic E-state index is 13.3. The summed E-state index contributed by atoms with van der Waals surface area (Å²) in [5.74, 6) is 0.0891. The number of methoxy groups -OCH3 is 1. The van der Waals surface area contributed by atoms with E-state index in [0.717, 1.165) is 42.6 Å². The molecule has 160 valence electrons. The van der Waals surface area contributed by atoms with Gasteiger partial charge in [-0.3, -0.25) is 9.59 Å². The molecule has 2 amide bonds. The number of carbonyl (C=O) groups excluding carboxylic acids is 2. The molecule has 0 aromatic heterocycles. The Balaban J connectivity index is 1.74. The van der Waals surface area contributed by atoms with Gasteiger partial charge in [0.15, 0.2) is 0 Å². The summed E-state index contributed by atoms with van der Waals surface area (Å²) in [5.41, 5.74) is 1.62. The summed E-state index contributed by atoms with van der Waals surface area (Å²) in [6, 6.07) is 12.9. The highest BCUT2D eigenvalue weighted by Crippen LogP contribution is 2.19. The van der Waals surface area contributed by atoms with Crippen molar-refractivity contribution in [1.82, 2.24) is 10.2 Å². The maximum Gasteiger partial charge on any atom is 0.242 e. The Morgan fingerprint density at radius 3 is 2.27 bits per heavy atom. The fourth-order valence-corrected chi connectivity index (χ4v) is 3.78. The summed E-state index contributed by atoms with van der Waals surface area (Å²) in [4.78, 5) is 27.6. The summed E-state index contributed by atoms with van der Waals surface area (Å²) in [5, 5.41) is 3.08. The highest BCUT2D eigenvalue weighted by molar-refractivity contribution is 5.88.